The molecule has 0 radical (unpaired) electrons. The van der Waals surface area contributed by atoms with Gasteiger partial charge in [-0.3, -0.25) is 4.90 Å². The lowest BCUT2D eigenvalue weighted by Crippen LogP contribution is -2.59. The van der Waals surface area contributed by atoms with Crippen LogP contribution in [0.1, 0.15) is 58.6 Å². The average Bonchev–Trinajstić information content (AvgIpc) is 2.51. The molecule has 0 aromatic heterocycles. The molecule has 0 bridgehead atoms. The number of nitrogens with one attached hydrogen (secondary N) is 1. The molecule has 1 heterocycles. The van der Waals surface area contributed by atoms with E-state index < -0.39 is 0 Å². The van der Waals surface area contributed by atoms with Crippen LogP contribution in [-0.2, 0) is 0 Å². The van der Waals surface area contributed by atoms with Crippen molar-refractivity contribution in [2.24, 2.45) is 0 Å². The average molecular weight is 274 g/mol. The zero-order chi connectivity index (χ0) is 14.6. The molecule has 1 N–H and O–H groups in total. The first kappa shape index (κ1) is 15.5. The number of benzene rings is 1. The van der Waals surface area contributed by atoms with Crippen LogP contribution in [0.15, 0.2) is 30.3 Å². The molecule has 2 heteroatoms. The highest BCUT2D eigenvalue weighted by atomic mass is 15.3. The largest absolute Gasteiger partial charge is 0.311 e. The van der Waals surface area contributed by atoms with E-state index in [1.807, 2.05) is 0 Å². The summed E-state index contributed by atoms with van der Waals surface area (Å²) in [6.45, 7) is 11.6. The van der Waals surface area contributed by atoms with Crippen LogP contribution < -0.4 is 5.32 Å². The number of hydrogen-bond donors (Lipinski definition) is 1. The molecule has 0 aliphatic carbocycles. The summed E-state index contributed by atoms with van der Waals surface area (Å²) in [4.78, 5) is 2.78. The fourth-order valence-corrected chi connectivity index (χ4v) is 3.77. The van der Waals surface area contributed by atoms with E-state index in [1.54, 1.807) is 0 Å². The second kappa shape index (κ2) is 6.73. The topological polar surface area (TPSA) is 15.3 Å². The van der Waals surface area contributed by atoms with E-state index in [4.69, 9.17) is 0 Å². The monoisotopic (exact) mass is 274 g/mol. The van der Waals surface area contributed by atoms with E-state index in [9.17, 15) is 0 Å². The van der Waals surface area contributed by atoms with Crippen LogP contribution in [0.25, 0.3) is 0 Å². The Labute approximate surface area is 124 Å². The van der Waals surface area contributed by atoms with Crippen molar-refractivity contribution >= 4 is 0 Å². The minimum atomic E-state index is 0.344. The van der Waals surface area contributed by atoms with Gasteiger partial charge in [-0.05, 0) is 31.7 Å². The third-order valence-electron chi connectivity index (χ3n) is 5.27. The SMILES string of the molecule is CCC(CC)(CC)N1CC(C)NCC1c1ccccc1. The van der Waals surface area contributed by atoms with Gasteiger partial charge in [0.05, 0.1) is 0 Å². The molecule has 20 heavy (non-hydrogen) atoms. The molecule has 1 aliphatic rings. The van der Waals surface area contributed by atoms with E-state index >= 15 is 0 Å². The molecule has 1 aliphatic heterocycles. The smallest absolute Gasteiger partial charge is 0.0478 e. The molecule has 1 aromatic rings. The summed E-state index contributed by atoms with van der Waals surface area (Å²) in [5, 5.41) is 3.66. The maximum Gasteiger partial charge on any atom is 0.0478 e. The molecule has 1 aromatic carbocycles. The van der Waals surface area contributed by atoms with E-state index in [0.29, 0.717) is 17.6 Å². The van der Waals surface area contributed by atoms with Crippen molar-refractivity contribution < 1.29 is 0 Å². The molecule has 2 atom stereocenters. The highest BCUT2D eigenvalue weighted by Crippen LogP contribution is 2.37. The molecule has 1 fully saturated rings. The zero-order valence-corrected chi connectivity index (χ0v) is 13.5. The number of piperazine rings is 1. The van der Waals surface area contributed by atoms with Crippen LogP contribution in [0.4, 0.5) is 0 Å². The fourth-order valence-electron chi connectivity index (χ4n) is 3.77. The van der Waals surface area contributed by atoms with Crippen molar-refractivity contribution in [1.29, 1.82) is 0 Å². The predicted molar refractivity (Wildman–Crippen MR) is 87.0 cm³/mol. The zero-order valence-electron chi connectivity index (χ0n) is 13.5. The van der Waals surface area contributed by atoms with Gasteiger partial charge in [-0.25, -0.2) is 0 Å². The summed E-state index contributed by atoms with van der Waals surface area (Å²) in [5.74, 6) is 0. The molecular weight excluding hydrogens is 244 g/mol. The minimum absolute atomic E-state index is 0.344. The maximum absolute atomic E-state index is 3.66. The van der Waals surface area contributed by atoms with Crippen molar-refractivity contribution in [2.75, 3.05) is 13.1 Å². The van der Waals surface area contributed by atoms with Crippen molar-refractivity contribution in [3.05, 3.63) is 35.9 Å². The molecule has 2 nitrogen and oxygen atoms in total. The quantitative estimate of drug-likeness (QED) is 0.873. The number of rotatable bonds is 5. The van der Waals surface area contributed by atoms with Gasteiger partial charge < -0.3 is 5.32 Å². The highest BCUT2D eigenvalue weighted by molar-refractivity contribution is 5.21. The first-order chi connectivity index (χ1) is 9.66. The van der Waals surface area contributed by atoms with Crippen LogP contribution in [0.2, 0.25) is 0 Å². The van der Waals surface area contributed by atoms with Gasteiger partial charge in [0.1, 0.15) is 0 Å². The van der Waals surface area contributed by atoms with E-state index in [2.05, 4.69) is 68.2 Å². The summed E-state index contributed by atoms with van der Waals surface area (Å²) in [6, 6.07) is 12.1. The van der Waals surface area contributed by atoms with Gasteiger partial charge in [0, 0.05) is 30.7 Å². The Kier molecular flexibility index (Phi) is 5.22. The van der Waals surface area contributed by atoms with Gasteiger partial charge in [-0.15, -0.1) is 0 Å². The lowest BCUT2D eigenvalue weighted by Gasteiger charge is -2.51. The van der Waals surface area contributed by atoms with Crippen LogP contribution in [0.5, 0.6) is 0 Å². The van der Waals surface area contributed by atoms with Gasteiger partial charge in [0.15, 0.2) is 0 Å². The van der Waals surface area contributed by atoms with Crippen LogP contribution in [-0.4, -0.2) is 29.6 Å². The Bertz CT molecular complexity index is 389. The third kappa shape index (κ3) is 2.91. The fraction of sp³-hybridized carbons (Fsp3) is 0.667. The Balaban J connectivity index is 2.33. The molecule has 0 saturated carbocycles. The van der Waals surface area contributed by atoms with Crippen LogP contribution >= 0.6 is 0 Å². The first-order valence-electron chi connectivity index (χ1n) is 8.22. The van der Waals surface area contributed by atoms with Gasteiger partial charge in [0.25, 0.3) is 0 Å². The van der Waals surface area contributed by atoms with Crippen molar-refractivity contribution in [2.45, 2.75) is 64.6 Å². The molecule has 0 spiro atoms. The number of hydrogen-bond acceptors (Lipinski definition) is 2. The molecule has 2 unspecified atom stereocenters. The van der Waals surface area contributed by atoms with E-state index in [0.717, 1.165) is 13.1 Å². The second-order valence-electron chi connectivity index (χ2n) is 6.17. The first-order valence-corrected chi connectivity index (χ1v) is 8.22. The Morgan fingerprint density at radius 2 is 1.70 bits per heavy atom. The minimum Gasteiger partial charge on any atom is -0.311 e. The van der Waals surface area contributed by atoms with Crippen molar-refractivity contribution in [3.63, 3.8) is 0 Å². The summed E-state index contributed by atoms with van der Waals surface area (Å²) in [6.07, 6.45) is 3.70. The van der Waals surface area contributed by atoms with Gasteiger partial charge in [-0.2, -0.15) is 0 Å². The Morgan fingerprint density at radius 3 is 2.25 bits per heavy atom. The standard InChI is InChI=1S/C18H30N2/c1-5-18(6-2,7-3)20-14-15(4)19-13-17(20)16-11-9-8-10-12-16/h8-12,15,17,19H,5-7,13-14H2,1-4H3. The van der Waals surface area contributed by atoms with E-state index in [-0.39, 0.29) is 0 Å². The summed E-state index contributed by atoms with van der Waals surface area (Å²) in [5.41, 5.74) is 1.79. The van der Waals surface area contributed by atoms with Crippen LogP contribution in [0.3, 0.4) is 0 Å². The highest BCUT2D eigenvalue weighted by Gasteiger charge is 2.39. The number of nitrogens with zero attached hydrogens (tertiary/aromatic N) is 1. The van der Waals surface area contributed by atoms with Crippen molar-refractivity contribution in [1.82, 2.24) is 10.2 Å². The van der Waals surface area contributed by atoms with Gasteiger partial charge in [-0.1, -0.05) is 51.1 Å². The summed E-state index contributed by atoms with van der Waals surface area (Å²) < 4.78 is 0. The molecule has 0 amide bonds. The Hall–Kier alpha value is -0.860. The van der Waals surface area contributed by atoms with Crippen molar-refractivity contribution in [3.8, 4) is 0 Å². The maximum atomic E-state index is 3.66. The molecular formula is C18H30N2. The van der Waals surface area contributed by atoms with Crippen LogP contribution in [0, 0.1) is 0 Å². The predicted octanol–water partition coefficient (Wildman–Crippen LogP) is 3.99. The second-order valence-corrected chi connectivity index (χ2v) is 6.17. The van der Waals surface area contributed by atoms with Gasteiger partial charge in [0.2, 0.25) is 0 Å². The normalized spacial score (nSPS) is 24.8. The molecule has 2 rings (SSSR count). The summed E-state index contributed by atoms with van der Waals surface area (Å²) >= 11 is 0. The molecule has 112 valence electrons. The van der Waals surface area contributed by atoms with Gasteiger partial charge >= 0.3 is 0 Å². The Morgan fingerprint density at radius 1 is 1.10 bits per heavy atom. The van der Waals surface area contributed by atoms with E-state index in [1.165, 1.54) is 24.8 Å². The third-order valence-corrected chi connectivity index (χ3v) is 5.27. The summed E-state index contributed by atoms with van der Waals surface area (Å²) in [7, 11) is 0. The lowest BCUT2D eigenvalue weighted by molar-refractivity contribution is 0.00122. The lowest BCUT2D eigenvalue weighted by atomic mass is 9.83. The molecule has 1 saturated heterocycles.